The molecule has 51 heavy (non-hydrogen) atoms. The van der Waals surface area contributed by atoms with Gasteiger partial charge >= 0.3 is 0 Å². The van der Waals surface area contributed by atoms with Crippen molar-refractivity contribution in [2.45, 2.75) is 0 Å². The Morgan fingerprint density at radius 1 is 0.255 bits per heavy atom. The molecule has 8 aromatic carbocycles. The number of rotatable bonds is 4. The lowest BCUT2D eigenvalue weighted by atomic mass is 10.0. The molecule has 0 N–H and O–H groups in total. The van der Waals surface area contributed by atoms with Crippen LogP contribution < -0.4 is 0 Å². The Morgan fingerprint density at radius 3 is 1.25 bits per heavy atom. The number of hydrogen-bond acceptors (Lipinski definition) is 0. The Kier molecular flexibility index (Phi) is 5.96. The molecule has 0 spiro atoms. The largest absolute Gasteiger partial charge is 0.309 e. The van der Waals surface area contributed by atoms with Crippen LogP contribution in [0.15, 0.2) is 188 Å². The van der Waals surface area contributed by atoms with Crippen molar-refractivity contribution in [2.24, 2.45) is 0 Å². The van der Waals surface area contributed by atoms with E-state index in [-0.39, 0.29) is 0 Å². The van der Waals surface area contributed by atoms with Crippen molar-refractivity contribution in [2.75, 3.05) is 0 Å². The summed E-state index contributed by atoms with van der Waals surface area (Å²) in [5, 5.41) is 7.49. The highest BCUT2D eigenvalue weighted by Crippen LogP contribution is 2.46. The molecule has 0 aliphatic rings. The minimum Gasteiger partial charge on any atom is -0.309 e. The van der Waals surface area contributed by atoms with Crippen LogP contribution in [0.5, 0.6) is 0 Å². The smallest absolute Gasteiger partial charge is 0.0642 e. The van der Waals surface area contributed by atoms with Gasteiger partial charge in [0, 0.05) is 49.4 Å². The van der Waals surface area contributed by atoms with Crippen molar-refractivity contribution >= 4 is 65.4 Å². The quantitative estimate of drug-likeness (QED) is 0.180. The van der Waals surface area contributed by atoms with Gasteiger partial charge in [0.05, 0.1) is 33.1 Å². The van der Waals surface area contributed by atoms with Crippen LogP contribution in [0, 0.1) is 0 Å². The highest BCUT2D eigenvalue weighted by atomic mass is 15.0. The van der Waals surface area contributed by atoms with Crippen molar-refractivity contribution in [3.63, 3.8) is 0 Å². The molecule has 3 heteroatoms. The summed E-state index contributed by atoms with van der Waals surface area (Å²) in [6.07, 6.45) is 0. The third-order valence-electron chi connectivity index (χ3n) is 10.6. The zero-order chi connectivity index (χ0) is 33.5. The fraction of sp³-hybridized carbons (Fsp3) is 0. The van der Waals surface area contributed by atoms with Crippen molar-refractivity contribution in [3.8, 4) is 28.2 Å². The number of hydrogen-bond donors (Lipinski definition) is 0. The maximum Gasteiger partial charge on any atom is 0.0642 e. The summed E-state index contributed by atoms with van der Waals surface area (Å²) in [6.45, 7) is 0. The van der Waals surface area contributed by atoms with E-state index in [0.717, 1.165) is 17.1 Å². The summed E-state index contributed by atoms with van der Waals surface area (Å²) < 4.78 is 7.42. The van der Waals surface area contributed by atoms with E-state index in [1.54, 1.807) is 0 Å². The van der Waals surface area contributed by atoms with Crippen LogP contribution in [0.3, 0.4) is 0 Å². The SMILES string of the molecule is c1ccc(-c2ccc3c(c2)c2ccc4c(c5c(ccc6c7ccccc7n(-c7ccccc7)c65)n4-c4ccccc4)c2n3-c2ccccc2)cc1. The number of fused-ring (bicyclic) bond motifs is 11. The molecule has 0 unspecified atom stereocenters. The molecule has 0 bridgehead atoms. The summed E-state index contributed by atoms with van der Waals surface area (Å²) >= 11 is 0. The molecule has 0 fully saturated rings. The molecule has 0 aliphatic heterocycles. The van der Waals surface area contributed by atoms with E-state index >= 15 is 0 Å². The molecule has 0 radical (unpaired) electrons. The van der Waals surface area contributed by atoms with Crippen molar-refractivity contribution in [1.29, 1.82) is 0 Å². The highest BCUT2D eigenvalue weighted by Gasteiger charge is 2.25. The van der Waals surface area contributed by atoms with Crippen molar-refractivity contribution < 1.29 is 0 Å². The third kappa shape index (κ3) is 4.00. The minimum absolute atomic E-state index is 1.15. The Bertz CT molecular complexity index is 3090. The minimum atomic E-state index is 1.15. The second kappa shape index (κ2) is 10.8. The van der Waals surface area contributed by atoms with E-state index in [1.807, 2.05) is 0 Å². The molecule has 238 valence electrons. The second-order valence-electron chi connectivity index (χ2n) is 13.3. The Morgan fingerprint density at radius 2 is 0.686 bits per heavy atom. The summed E-state index contributed by atoms with van der Waals surface area (Å²) in [6, 6.07) is 68.3. The van der Waals surface area contributed by atoms with E-state index in [0.29, 0.717) is 0 Å². The molecule has 3 heterocycles. The van der Waals surface area contributed by atoms with Gasteiger partial charge in [-0.05, 0) is 77.9 Å². The molecular weight excluding hydrogens is 619 g/mol. The Balaban J connectivity index is 1.42. The van der Waals surface area contributed by atoms with Gasteiger partial charge in [0.2, 0.25) is 0 Å². The zero-order valence-electron chi connectivity index (χ0n) is 27.7. The van der Waals surface area contributed by atoms with Gasteiger partial charge < -0.3 is 13.7 Å². The lowest BCUT2D eigenvalue weighted by Crippen LogP contribution is -1.95. The van der Waals surface area contributed by atoms with Crippen LogP contribution in [-0.2, 0) is 0 Å². The molecule has 11 rings (SSSR count). The van der Waals surface area contributed by atoms with Gasteiger partial charge in [-0.3, -0.25) is 0 Å². The average molecular weight is 650 g/mol. The zero-order valence-corrected chi connectivity index (χ0v) is 27.7. The lowest BCUT2D eigenvalue weighted by Gasteiger charge is -2.11. The summed E-state index contributed by atoms with van der Waals surface area (Å²) in [4.78, 5) is 0. The van der Waals surface area contributed by atoms with E-state index in [2.05, 4.69) is 202 Å². The molecule has 0 atom stereocenters. The fourth-order valence-electron chi connectivity index (χ4n) is 8.50. The molecule has 3 nitrogen and oxygen atoms in total. The van der Waals surface area contributed by atoms with Crippen LogP contribution in [0.2, 0.25) is 0 Å². The Hall–Kier alpha value is -6.84. The maximum absolute atomic E-state index is 2.49. The normalized spacial score (nSPS) is 11.9. The average Bonchev–Trinajstić information content (AvgIpc) is 3.84. The molecule has 11 aromatic rings. The molecule has 0 aliphatic carbocycles. The first-order valence-electron chi connectivity index (χ1n) is 17.5. The van der Waals surface area contributed by atoms with Crippen LogP contribution >= 0.6 is 0 Å². The van der Waals surface area contributed by atoms with Gasteiger partial charge in [0.15, 0.2) is 0 Å². The van der Waals surface area contributed by atoms with Gasteiger partial charge in [0.1, 0.15) is 0 Å². The molecule has 0 saturated heterocycles. The first-order chi connectivity index (χ1) is 25.3. The second-order valence-corrected chi connectivity index (χ2v) is 13.3. The van der Waals surface area contributed by atoms with Crippen LogP contribution in [0.1, 0.15) is 0 Å². The van der Waals surface area contributed by atoms with E-state index < -0.39 is 0 Å². The van der Waals surface area contributed by atoms with E-state index in [4.69, 9.17) is 0 Å². The third-order valence-corrected chi connectivity index (χ3v) is 10.6. The van der Waals surface area contributed by atoms with Crippen LogP contribution in [0.25, 0.3) is 93.6 Å². The van der Waals surface area contributed by atoms with Crippen LogP contribution in [0.4, 0.5) is 0 Å². The first kappa shape index (κ1) is 28.0. The highest BCUT2D eigenvalue weighted by molar-refractivity contribution is 6.33. The summed E-state index contributed by atoms with van der Waals surface area (Å²) in [5.41, 5.74) is 13.1. The number of nitrogens with zero attached hydrogens (tertiary/aromatic N) is 3. The van der Waals surface area contributed by atoms with E-state index in [9.17, 15) is 0 Å². The van der Waals surface area contributed by atoms with Gasteiger partial charge in [-0.15, -0.1) is 0 Å². The predicted molar refractivity (Wildman–Crippen MR) is 215 cm³/mol. The van der Waals surface area contributed by atoms with Crippen molar-refractivity contribution in [1.82, 2.24) is 13.7 Å². The topological polar surface area (TPSA) is 14.8 Å². The monoisotopic (exact) mass is 649 g/mol. The molecule has 3 aromatic heterocycles. The predicted octanol–water partition coefficient (Wildman–Crippen LogP) is 12.6. The molecule has 0 amide bonds. The van der Waals surface area contributed by atoms with Crippen LogP contribution in [-0.4, -0.2) is 13.7 Å². The lowest BCUT2D eigenvalue weighted by molar-refractivity contribution is 1.17. The standard InChI is InChI=1S/C48H31N3/c1-5-15-32(16-6-1)33-25-28-42-40(31-33)39-27-30-44-46(48(39)51(42)36-21-11-4-12-22-36)45-43(49(44)34-17-7-2-8-18-34)29-26-38-37-23-13-14-24-41(37)50(47(38)45)35-19-9-3-10-20-35/h1-31H. The number of benzene rings is 8. The van der Waals surface area contributed by atoms with Crippen molar-refractivity contribution in [3.05, 3.63) is 188 Å². The summed E-state index contributed by atoms with van der Waals surface area (Å²) in [7, 11) is 0. The Labute approximate surface area is 294 Å². The number of aromatic nitrogens is 3. The summed E-state index contributed by atoms with van der Waals surface area (Å²) in [5.74, 6) is 0. The van der Waals surface area contributed by atoms with Gasteiger partial charge in [-0.25, -0.2) is 0 Å². The maximum atomic E-state index is 2.49. The fourth-order valence-corrected chi connectivity index (χ4v) is 8.50. The molecule has 0 saturated carbocycles. The van der Waals surface area contributed by atoms with Gasteiger partial charge in [-0.2, -0.15) is 0 Å². The number of para-hydroxylation sites is 4. The first-order valence-corrected chi connectivity index (χ1v) is 17.5. The molecular formula is C48H31N3. The van der Waals surface area contributed by atoms with E-state index in [1.165, 1.54) is 76.5 Å². The van der Waals surface area contributed by atoms with Gasteiger partial charge in [0.25, 0.3) is 0 Å². The van der Waals surface area contributed by atoms with Gasteiger partial charge in [-0.1, -0.05) is 121 Å².